The van der Waals surface area contributed by atoms with Crippen molar-refractivity contribution in [3.63, 3.8) is 0 Å². The Morgan fingerprint density at radius 1 is 0.889 bits per heavy atom. The minimum absolute atomic E-state index is 0.164. The Bertz CT molecular complexity index is 1060. The van der Waals surface area contributed by atoms with Crippen molar-refractivity contribution in [3.8, 4) is 22.6 Å². The van der Waals surface area contributed by atoms with Gasteiger partial charge >= 0.3 is 0 Å². The van der Waals surface area contributed by atoms with E-state index in [0.717, 1.165) is 5.56 Å². The van der Waals surface area contributed by atoms with Gasteiger partial charge in [-0.15, -0.1) is 0 Å². The van der Waals surface area contributed by atoms with E-state index in [2.05, 4.69) is 15.6 Å². The van der Waals surface area contributed by atoms with Crippen LogP contribution in [0.25, 0.3) is 22.6 Å². The van der Waals surface area contributed by atoms with Gasteiger partial charge in [0.25, 0.3) is 5.91 Å². The Balaban J connectivity index is 1.40. The Morgan fingerprint density at radius 3 is 2.33 bits per heavy atom. The molecule has 4 aromatic rings. The van der Waals surface area contributed by atoms with E-state index in [1.165, 1.54) is 12.1 Å². The lowest BCUT2D eigenvalue weighted by Crippen LogP contribution is -2.23. The van der Waals surface area contributed by atoms with Gasteiger partial charge in [-0.3, -0.25) is 4.79 Å². The van der Waals surface area contributed by atoms with Crippen molar-refractivity contribution in [2.75, 3.05) is 0 Å². The van der Waals surface area contributed by atoms with Gasteiger partial charge in [0.15, 0.2) is 17.2 Å². The summed E-state index contributed by atoms with van der Waals surface area (Å²) in [5, 5.41) is 10.4. The highest BCUT2D eigenvalue weighted by Gasteiger charge is 2.14. The first kappa shape index (κ1) is 16.7. The van der Waals surface area contributed by atoms with E-state index < -0.39 is 0 Å². The molecule has 7 heteroatoms. The van der Waals surface area contributed by atoms with Crippen molar-refractivity contribution in [3.05, 3.63) is 83.9 Å². The summed E-state index contributed by atoms with van der Waals surface area (Å²) in [6.07, 6.45) is 0. The molecule has 0 unspecified atom stereocenters. The predicted octanol–water partition coefficient (Wildman–Crippen LogP) is 4.07. The van der Waals surface area contributed by atoms with E-state index >= 15 is 0 Å². The molecule has 2 heterocycles. The largest absolute Gasteiger partial charge is 0.356 e. The molecule has 27 heavy (non-hydrogen) atoms. The van der Waals surface area contributed by atoms with Crippen molar-refractivity contribution in [1.82, 2.24) is 15.6 Å². The molecule has 4 rings (SSSR count). The molecule has 6 nitrogen and oxygen atoms in total. The number of amides is 1. The van der Waals surface area contributed by atoms with E-state index in [4.69, 9.17) is 9.05 Å². The number of carbonyl (C=O) groups is 1. The monoisotopic (exact) mass is 363 g/mol. The average Bonchev–Trinajstić information content (AvgIpc) is 3.37. The van der Waals surface area contributed by atoms with Crippen molar-refractivity contribution in [1.29, 1.82) is 0 Å². The summed E-state index contributed by atoms with van der Waals surface area (Å²) < 4.78 is 23.4. The van der Waals surface area contributed by atoms with Crippen LogP contribution < -0.4 is 5.32 Å². The van der Waals surface area contributed by atoms with E-state index in [-0.39, 0.29) is 24.0 Å². The van der Waals surface area contributed by atoms with Crippen LogP contribution in [0.4, 0.5) is 4.39 Å². The molecule has 0 radical (unpaired) electrons. The third-order valence-electron chi connectivity index (χ3n) is 3.92. The highest BCUT2D eigenvalue weighted by molar-refractivity contribution is 5.93. The van der Waals surface area contributed by atoms with Gasteiger partial charge in [-0.1, -0.05) is 40.6 Å². The van der Waals surface area contributed by atoms with Crippen LogP contribution in [0.2, 0.25) is 0 Å². The molecule has 0 saturated carbocycles. The minimum atomic E-state index is -0.382. The molecular weight excluding hydrogens is 349 g/mol. The van der Waals surface area contributed by atoms with Crippen LogP contribution in [-0.4, -0.2) is 16.2 Å². The van der Waals surface area contributed by atoms with Crippen LogP contribution in [0.5, 0.6) is 0 Å². The fourth-order valence-corrected chi connectivity index (χ4v) is 2.53. The van der Waals surface area contributed by atoms with Gasteiger partial charge < -0.3 is 14.4 Å². The van der Waals surface area contributed by atoms with Crippen LogP contribution in [0.15, 0.2) is 75.8 Å². The first-order chi connectivity index (χ1) is 13.2. The van der Waals surface area contributed by atoms with Crippen LogP contribution in [0, 0.1) is 5.82 Å². The van der Waals surface area contributed by atoms with Crippen molar-refractivity contribution in [2.45, 2.75) is 6.54 Å². The number of benzene rings is 2. The number of aromatic nitrogens is 2. The summed E-state index contributed by atoms with van der Waals surface area (Å²) in [5.74, 6) is 0.299. The minimum Gasteiger partial charge on any atom is -0.356 e. The van der Waals surface area contributed by atoms with E-state index in [1.807, 2.05) is 30.3 Å². The van der Waals surface area contributed by atoms with Crippen molar-refractivity contribution in [2.24, 2.45) is 0 Å². The highest BCUT2D eigenvalue weighted by atomic mass is 19.1. The number of hydrogen-bond acceptors (Lipinski definition) is 5. The zero-order valence-corrected chi connectivity index (χ0v) is 14.1. The second kappa shape index (κ2) is 7.25. The second-order valence-corrected chi connectivity index (χ2v) is 5.81. The summed E-state index contributed by atoms with van der Waals surface area (Å²) in [4.78, 5) is 12.2. The molecule has 0 bridgehead atoms. The van der Waals surface area contributed by atoms with E-state index in [9.17, 15) is 9.18 Å². The zero-order valence-electron chi connectivity index (χ0n) is 14.1. The van der Waals surface area contributed by atoms with Gasteiger partial charge in [0.1, 0.15) is 11.5 Å². The van der Waals surface area contributed by atoms with E-state index in [0.29, 0.717) is 22.8 Å². The summed E-state index contributed by atoms with van der Waals surface area (Å²) in [7, 11) is 0. The molecule has 134 valence electrons. The Kier molecular flexibility index (Phi) is 4.49. The number of halogens is 1. The Labute approximate surface area is 153 Å². The predicted molar refractivity (Wildman–Crippen MR) is 95.0 cm³/mol. The van der Waals surface area contributed by atoms with Gasteiger partial charge in [0.05, 0.1) is 6.54 Å². The first-order valence-corrected chi connectivity index (χ1v) is 8.21. The smallest absolute Gasteiger partial charge is 0.273 e. The van der Waals surface area contributed by atoms with Gasteiger partial charge in [0.2, 0.25) is 0 Å². The number of hydrogen-bond donors (Lipinski definition) is 1. The number of rotatable bonds is 5. The lowest BCUT2D eigenvalue weighted by Gasteiger charge is -1.98. The van der Waals surface area contributed by atoms with Crippen LogP contribution in [-0.2, 0) is 6.54 Å². The summed E-state index contributed by atoms with van der Waals surface area (Å²) in [5.41, 5.74) is 2.25. The highest BCUT2D eigenvalue weighted by Crippen LogP contribution is 2.21. The standard InChI is InChI=1S/C20H14FN3O3/c21-15-8-6-14(7-9-15)18-10-16(23-26-18)12-22-20(25)17-11-19(27-24-17)13-4-2-1-3-5-13/h1-11H,12H2,(H,22,25). The SMILES string of the molecule is O=C(NCc1cc(-c2ccc(F)cc2)on1)c1cc(-c2ccccc2)on1. The molecule has 0 atom stereocenters. The maximum atomic E-state index is 13.0. The van der Waals surface area contributed by atoms with Gasteiger partial charge in [-0.2, -0.15) is 0 Å². The quantitative estimate of drug-likeness (QED) is 0.578. The van der Waals surface area contributed by atoms with Crippen molar-refractivity contribution < 1.29 is 18.2 Å². The second-order valence-electron chi connectivity index (χ2n) is 5.81. The van der Waals surface area contributed by atoms with Crippen molar-refractivity contribution >= 4 is 5.91 Å². The summed E-state index contributed by atoms with van der Waals surface area (Å²) in [6.45, 7) is 0.164. The summed E-state index contributed by atoms with van der Waals surface area (Å²) >= 11 is 0. The lowest BCUT2D eigenvalue weighted by atomic mass is 10.1. The van der Waals surface area contributed by atoms with Crippen LogP contribution in [0.1, 0.15) is 16.2 Å². The van der Waals surface area contributed by atoms with Crippen LogP contribution >= 0.6 is 0 Å². The number of nitrogens with one attached hydrogen (secondary N) is 1. The molecule has 0 aliphatic carbocycles. The average molecular weight is 363 g/mol. The number of carbonyl (C=O) groups excluding carboxylic acids is 1. The van der Waals surface area contributed by atoms with Crippen LogP contribution in [0.3, 0.4) is 0 Å². The molecule has 0 saturated heterocycles. The van der Waals surface area contributed by atoms with Gasteiger partial charge in [-0.05, 0) is 24.3 Å². The summed E-state index contributed by atoms with van der Waals surface area (Å²) in [6, 6.07) is 18.5. The topological polar surface area (TPSA) is 81.2 Å². The van der Waals surface area contributed by atoms with Gasteiger partial charge in [0, 0.05) is 23.3 Å². The molecule has 2 aromatic heterocycles. The molecule has 0 aliphatic heterocycles. The molecule has 1 N–H and O–H groups in total. The normalized spacial score (nSPS) is 10.7. The Morgan fingerprint density at radius 2 is 1.56 bits per heavy atom. The first-order valence-electron chi connectivity index (χ1n) is 8.21. The third kappa shape index (κ3) is 3.77. The molecule has 0 aliphatic rings. The lowest BCUT2D eigenvalue weighted by molar-refractivity contribution is 0.0941. The third-order valence-corrected chi connectivity index (χ3v) is 3.92. The molecule has 0 spiro atoms. The Hall–Kier alpha value is -3.74. The number of nitrogens with zero attached hydrogens (tertiary/aromatic N) is 2. The molecular formula is C20H14FN3O3. The molecule has 2 aromatic carbocycles. The molecule has 0 fully saturated rings. The van der Waals surface area contributed by atoms with Gasteiger partial charge in [-0.25, -0.2) is 4.39 Å². The maximum absolute atomic E-state index is 13.0. The zero-order chi connectivity index (χ0) is 18.6. The molecule has 1 amide bonds. The maximum Gasteiger partial charge on any atom is 0.273 e. The fourth-order valence-electron chi connectivity index (χ4n) is 2.53. The fraction of sp³-hybridized carbons (Fsp3) is 0.0500. The van der Waals surface area contributed by atoms with E-state index in [1.54, 1.807) is 24.3 Å².